The average molecular weight is 1000 g/mol. The maximum absolute atomic E-state index is 13.6. The number of halogens is 1. The number of anilines is 2. The van der Waals surface area contributed by atoms with E-state index in [-0.39, 0.29) is 47.3 Å². The first-order chi connectivity index (χ1) is 33.3. The van der Waals surface area contributed by atoms with Crippen molar-refractivity contribution < 1.29 is 60.7 Å². The maximum Gasteiger partial charge on any atom is 0.280 e. The van der Waals surface area contributed by atoms with Gasteiger partial charge in [-0.1, -0.05) is 60.1 Å². The first-order valence-corrected chi connectivity index (χ1v) is 23.0. The van der Waals surface area contributed by atoms with E-state index in [0.29, 0.717) is 38.1 Å². The van der Waals surface area contributed by atoms with Gasteiger partial charge in [-0.25, -0.2) is 15.1 Å². The summed E-state index contributed by atoms with van der Waals surface area (Å²) in [7, 11) is 1.64. The van der Waals surface area contributed by atoms with Crippen LogP contribution < -0.4 is 22.1 Å². The van der Waals surface area contributed by atoms with E-state index in [2.05, 4.69) is 53.4 Å². The fourth-order valence-corrected chi connectivity index (χ4v) is 7.57. The number of hydrogen-bond acceptors (Lipinski definition) is 21. The summed E-state index contributed by atoms with van der Waals surface area (Å²) in [6.07, 6.45) is -10.4. The van der Waals surface area contributed by atoms with Crippen LogP contribution in [-0.2, 0) is 17.6 Å². The lowest BCUT2D eigenvalue weighted by Crippen LogP contribution is -2.53. The monoisotopic (exact) mass is 1000 g/mol. The third kappa shape index (κ3) is 17.1. The highest BCUT2D eigenvalue weighted by molar-refractivity contribution is 6.31. The maximum atomic E-state index is 13.6. The van der Waals surface area contributed by atoms with Gasteiger partial charge in [-0.05, 0) is 84.2 Å². The van der Waals surface area contributed by atoms with Gasteiger partial charge in [0.25, 0.3) is 5.91 Å². The number of unbranched alkanes of at least 4 members (excludes halogenated alkanes) is 2. The van der Waals surface area contributed by atoms with E-state index < -0.39 is 87.1 Å². The number of carbonyl (C=O) groups is 2. The average Bonchev–Trinajstić information content (AvgIpc) is 3.90. The number of benzene rings is 2. The highest BCUT2D eigenvalue weighted by Gasteiger charge is 2.34. The molecule has 0 fully saturated rings. The molecule has 0 bridgehead atoms. The molecule has 2 aromatic carbocycles. The van der Waals surface area contributed by atoms with Crippen molar-refractivity contribution in [1.82, 2.24) is 51.0 Å². The van der Waals surface area contributed by atoms with Crippen molar-refractivity contribution in [3.05, 3.63) is 76.3 Å². The molecule has 2 heterocycles. The van der Waals surface area contributed by atoms with Crippen molar-refractivity contribution in [2.45, 2.75) is 106 Å². The van der Waals surface area contributed by atoms with Crippen molar-refractivity contribution in [1.29, 1.82) is 5.41 Å². The summed E-state index contributed by atoms with van der Waals surface area (Å²) in [4.78, 5) is 36.5. The predicted molar refractivity (Wildman–Crippen MR) is 254 cm³/mol. The quantitative estimate of drug-likeness (QED) is 0.0149. The van der Waals surface area contributed by atoms with Gasteiger partial charge >= 0.3 is 0 Å². The zero-order valence-corrected chi connectivity index (χ0v) is 39.4. The van der Waals surface area contributed by atoms with Gasteiger partial charge in [0.05, 0.1) is 31.5 Å². The molecule has 18 N–H and O–H groups in total. The number of aromatic nitrogens is 6. The van der Waals surface area contributed by atoms with E-state index in [1.54, 1.807) is 11.9 Å². The predicted octanol–water partition coefficient (Wildman–Crippen LogP) is -2.77. The Morgan fingerprint density at radius 2 is 1.29 bits per heavy atom. The molecule has 386 valence electrons. The molecule has 2 amide bonds. The summed E-state index contributed by atoms with van der Waals surface area (Å²) < 4.78 is 0. The second kappa shape index (κ2) is 28.3. The van der Waals surface area contributed by atoms with Crippen molar-refractivity contribution in [2.75, 3.05) is 57.9 Å². The number of aliphatic hydroxyl groups excluding tert-OH is 10. The van der Waals surface area contributed by atoms with Crippen molar-refractivity contribution in [2.24, 2.45) is 0 Å². The minimum atomic E-state index is -1.91. The molecule has 0 unspecified atom stereocenters. The molecule has 0 radical (unpaired) electrons. The lowest BCUT2D eigenvalue weighted by molar-refractivity contribution is -0.132. The second-order valence-corrected chi connectivity index (χ2v) is 17.3. The van der Waals surface area contributed by atoms with Crippen LogP contribution in [0, 0.1) is 5.41 Å². The van der Waals surface area contributed by atoms with Crippen LogP contribution in [0.25, 0.3) is 11.1 Å². The molecule has 25 nitrogen and oxygen atoms in total. The van der Waals surface area contributed by atoms with Crippen molar-refractivity contribution >= 4 is 41.0 Å². The fraction of sp³-hybridized carbons (Fsp3) is 0.545. The summed E-state index contributed by atoms with van der Waals surface area (Å²) in [5, 5.41) is 127. The van der Waals surface area contributed by atoms with Gasteiger partial charge < -0.3 is 72.7 Å². The Kier molecular flexibility index (Phi) is 23.1. The number of hydrogen-bond donors (Lipinski definition) is 16. The van der Waals surface area contributed by atoms with Crippen LogP contribution in [0.4, 0.5) is 11.6 Å². The fourth-order valence-electron chi connectivity index (χ4n) is 7.45. The van der Waals surface area contributed by atoms with Crippen LogP contribution in [0.3, 0.4) is 0 Å². The van der Waals surface area contributed by atoms with E-state index in [4.69, 9.17) is 38.7 Å². The summed E-state index contributed by atoms with van der Waals surface area (Å²) in [6.45, 7) is -2.03. The molecular weight excluding hydrogens is 938 g/mol. The summed E-state index contributed by atoms with van der Waals surface area (Å²) in [5.41, 5.74) is 15.1. The largest absolute Gasteiger partial charge is 0.394 e. The molecule has 0 aliphatic carbocycles. The molecule has 70 heavy (non-hydrogen) atoms. The lowest BCUT2D eigenvalue weighted by atomic mass is 9.99. The smallest absolute Gasteiger partial charge is 0.280 e. The Morgan fingerprint density at radius 1 is 0.743 bits per heavy atom. The normalized spacial score (nSPS) is 15.6. The number of amides is 2. The molecule has 26 heteroatoms. The van der Waals surface area contributed by atoms with E-state index in [1.807, 2.05) is 36.4 Å². The van der Waals surface area contributed by atoms with E-state index in [0.717, 1.165) is 41.5 Å². The minimum Gasteiger partial charge on any atom is -0.394 e. The first-order valence-electron chi connectivity index (χ1n) is 22.6. The summed E-state index contributed by atoms with van der Waals surface area (Å²) in [6, 6.07) is 15.5. The van der Waals surface area contributed by atoms with Crippen molar-refractivity contribution in [3.63, 3.8) is 0 Å². The molecule has 0 saturated carbocycles. The van der Waals surface area contributed by atoms with Crippen LogP contribution in [0.15, 0.2) is 48.5 Å². The Balaban J connectivity index is 1.25. The Hall–Kier alpha value is -5.55. The molecule has 0 spiro atoms. The number of nitrogens with two attached hydrogens (primary N) is 2. The van der Waals surface area contributed by atoms with Gasteiger partial charge in [-0.2, -0.15) is 0 Å². The van der Waals surface area contributed by atoms with Crippen LogP contribution in [0.1, 0.15) is 72.0 Å². The standard InChI is InChI=1S/C44H66ClN13O12/c1-57(28(42-53-55-56-54-42)7-3-5-19-58(20-29(61)35(66)37(68)31(63)22-59)21-30(62)36(67)38(69)32(64)23-60)33(65)17-12-25-10-15-27(16-11-25)26-13-8-24(9-14-26)6-2-4-18-49-44(48)52-43(70)34-40(46)51-41(47)39(45)50-34/h8-11,13-16,28-32,35-38,59-64,66-69H,2-7,12,17-23H2,1H3,(H4,46,47,51)(H3,48,49,52,70)(H,53,54,55,56)/t28-,29+,30+,31-,32-,35-,36-,37-,38-/m1/s1. The van der Waals surface area contributed by atoms with Crippen molar-refractivity contribution in [3.8, 4) is 11.1 Å². The number of nitrogens with one attached hydrogen (secondary N) is 4. The lowest BCUT2D eigenvalue weighted by Gasteiger charge is -2.33. The number of H-pyrrole nitrogens is 1. The van der Waals surface area contributed by atoms with Gasteiger partial charge in [0, 0.05) is 33.1 Å². The molecule has 4 aromatic rings. The van der Waals surface area contributed by atoms with Gasteiger partial charge in [0.15, 0.2) is 34.3 Å². The Labute approximate surface area is 408 Å². The number of rotatable bonds is 29. The van der Waals surface area contributed by atoms with Gasteiger partial charge in [0.2, 0.25) is 5.91 Å². The van der Waals surface area contributed by atoms with Crippen LogP contribution in [0.2, 0.25) is 5.15 Å². The van der Waals surface area contributed by atoms with Crippen LogP contribution >= 0.6 is 11.6 Å². The minimum absolute atomic E-state index is 0.104. The number of aryl methyl sites for hydroxylation is 2. The van der Waals surface area contributed by atoms with Gasteiger partial charge in [-0.15, -0.1) is 5.10 Å². The number of nitrogens with zero attached hydrogens (tertiary/aromatic N) is 7. The topological polar surface area (TPSA) is 423 Å². The SMILES string of the molecule is CN(C(=O)CCc1ccc(-c2ccc(CCCCNC(=N)NC(=O)c3nc(Cl)c(N)nc3N)cc2)cc1)[C@H](CCCCN(C[C@H](O)[C@@H](O)[C@H](O)[C@H](O)CO)C[C@H](O)[C@@H](O)[C@H](O)[C@H](O)CO)c1nnn[nH]1. The molecule has 0 aliphatic heterocycles. The third-order valence-corrected chi connectivity index (χ3v) is 12.0. The molecular formula is C44H66ClN13O12. The highest BCUT2D eigenvalue weighted by atomic mass is 35.5. The zero-order chi connectivity index (χ0) is 51.5. The van der Waals surface area contributed by atoms with Crippen LogP contribution in [-0.4, -0.2) is 205 Å². The summed E-state index contributed by atoms with van der Waals surface area (Å²) in [5.74, 6) is -1.09. The molecule has 0 aliphatic rings. The van der Waals surface area contributed by atoms with Gasteiger partial charge in [0.1, 0.15) is 36.6 Å². The van der Waals surface area contributed by atoms with E-state index in [1.165, 1.54) is 4.90 Å². The Bertz CT molecular complexity index is 2190. The zero-order valence-electron chi connectivity index (χ0n) is 38.7. The number of aliphatic hydroxyl groups is 10. The summed E-state index contributed by atoms with van der Waals surface area (Å²) >= 11 is 5.84. The molecule has 0 saturated heterocycles. The molecule has 2 aromatic heterocycles. The number of guanidine groups is 1. The van der Waals surface area contributed by atoms with E-state index >= 15 is 0 Å². The Morgan fingerprint density at radius 3 is 1.81 bits per heavy atom. The molecule has 4 rings (SSSR count). The molecule has 9 atom stereocenters. The van der Waals surface area contributed by atoms with E-state index in [9.17, 15) is 50.4 Å². The number of aromatic amines is 1. The number of carbonyl (C=O) groups excluding carboxylic acids is 2. The number of tetrazole rings is 1. The van der Waals surface area contributed by atoms with Crippen LogP contribution in [0.5, 0.6) is 0 Å². The second-order valence-electron chi connectivity index (χ2n) is 16.9. The highest BCUT2D eigenvalue weighted by Crippen LogP contribution is 2.25. The van der Waals surface area contributed by atoms with Gasteiger partial charge in [-0.3, -0.25) is 25.2 Å². The number of nitrogen functional groups attached to an aromatic ring is 2. The third-order valence-electron chi connectivity index (χ3n) is 11.7. The first kappa shape index (κ1) is 57.0.